The second kappa shape index (κ2) is 8.52. The lowest BCUT2D eigenvalue weighted by molar-refractivity contribution is 0.0734. The molecule has 3 aliphatic heterocycles. The van der Waals surface area contributed by atoms with Crippen LogP contribution in [0.15, 0.2) is 48.9 Å². The Balaban J connectivity index is 1.39. The summed E-state index contributed by atoms with van der Waals surface area (Å²) in [6, 6.07) is 8.48. The van der Waals surface area contributed by atoms with Crippen LogP contribution < -0.4 is 4.74 Å². The van der Waals surface area contributed by atoms with Gasteiger partial charge in [-0.2, -0.15) is 0 Å². The third-order valence-electron chi connectivity index (χ3n) is 5.66. The Morgan fingerprint density at radius 2 is 2.04 bits per heavy atom. The number of carbonyl (C=O) groups is 1. The van der Waals surface area contributed by atoms with E-state index in [0.717, 1.165) is 38.3 Å². The van der Waals surface area contributed by atoms with Gasteiger partial charge in [-0.25, -0.2) is 4.98 Å². The lowest BCUT2D eigenvalue weighted by atomic mass is 9.95. The van der Waals surface area contributed by atoms with Gasteiger partial charge in [0.15, 0.2) is 0 Å². The van der Waals surface area contributed by atoms with Gasteiger partial charge in [0.05, 0.1) is 13.3 Å². The summed E-state index contributed by atoms with van der Waals surface area (Å²) in [6.07, 6.45) is 11.4. The zero-order valence-corrected chi connectivity index (χ0v) is 16.2. The maximum atomic E-state index is 12.8. The van der Waals surface area contributed by atoms with E-state index < -0.39 is 0 Å². The van der Waals surface area contributed by atoms with Gasteiger partial charge >= 0.3 is 0 Å². The molecule has 2 bridgehead atoms. The van der Waals surface area contributed by atoms with E-state index in [4.69, 9.17) is 4.74 Å². The highest BCUT2D eigenvalue weighted by molar-refractivity contribution is 5.92. The molecule has 0 N–H and O–H groups in total. The van der Waals surface area contributed by atoms with E-state index in [9.17, 15) is 4.79 Å². The van der Waals surface area contributed by atoms with Crippen molar-refractivity contribution >= 4 is 12.0 Å². The van der Waals surface area contributed by atoms with Crippen LogP contribution in [-0.2, 0) is 0 Å². The zero-order chi connectivity index (χ0) is 19.3. The van der Waals surface area contributed by atoms with E-state index in [1.165, 1.54) is 12.0 Å². The first-order valence-corrected chi connectivity index (χ1v) is 9.83. The number of methoxy groups -OCH3 is 1. The molecule has 6 heteroatoms. The van der Waals surface area contributed by atoms with Crippen molar-refractivity contribution in [2.45, 2.75) is 18.9 Å². The number of rotatable bonds is 5. The summed E-state index contributed by atoms with van der Waals surface area (Å²) in [7, 11) is 1.68. The number of aromatic nitrogens is 2. The molecule has 28 heavy (non-hydrogen) atoms. The number of nitrogens with zero attached hydrogens (tertiary/aromatic N) is 4. The molecule has 0 saturated carbocycles. The second-order valence-corrected chi connectivity index (χ2v) is 7.53. The molecular formula is C22H26N4O2. The number of benzene rings is 1. The van der Waals surface area contributed by atoms with Gasteiger partial charge in [-0.15, -0.1) is 0 Å². The van der Waals surface area contributed by atoms with Crippen LogP contribution in [-0.4, -0.2) is 65.0 Å². The standard InChI is InChI=1S/C22H26N4O2/c1-28-20-8-5-17(6-9-20)3-2-12-25-14-18-4-7-19(25)16-26(15-18)22(27)21-13-23-10-11-24-21/h2-3,5-6,8-11,13,18-19H,4,7,12,14-16H2,1H3/t18-,19-/m1/s1. The SMILES string of the molecule is COc1ccc(C=CCN2C[C@H]3CC[C@@H]2CN(C(=O)c2cnccn2)C3)cc1. The summed E-state index contributed by atoms with van der Waals surface area (Å²) in [5.74, 6) is 1.39. The van der Waals surface area contributed by atoms with Gasteiger partial charge in [-0.1, -0.05) is 24.3 Å². The highest BCUT2D eigenvalue weighted by Crippen LogP contribution is 2.28. The fourth-order valence-corrected chi connectivity index (χ4v) is 4.18. The highest BCUT2D eigenvalue weighted by atomic mass is 16.5. The average Bonchev–Trinajstić information content (AvgIpc) is 3.06. The Morgan fingerprint density at radius 1 is 1.18 bits per heavy atom. The number of ether oxygens (including phenoxy) is 1. The molecule has 3 fully saturated rings. The minimum atomic E-state index is 0.000579. The van der Waals surface area contributed by atoms with Crippen LogP contribution in [0, 0.1) is 5.92 Å². The highest BCUT2D eigenvalue weighted by Gasteiger charge is 2.36. The van der Waals surface area contributed by atoms with Crippen LogP contribution in [0.3, 0.4) is 0 Å². The van der Waals surface area contributed by atoms with Crippen molar-refractivity contribution in [2.24, 2.45) is 5.92 Å². The number of piperidine rings is 1. The van der Waals surface area contributed by atoms with E-state index in [1.54, 1.807) is 25.7 Å². The molecule has 146 valence electrons. The van der Waals surface area contributed by atoms with Gasteiger partial charge in [0.25, 0.3) is 5.91 Å². The number of hydrogen-bond donors (Lipinski definition) is 0. The molecular weight excluding hydrogens is 352 g/mol. The van der Waals surface area contributed by atoms with Gasteiger partial charge in [0, 0.05) is 44.6 Å². The quantitative estimate of drug-likeness (QED) is 0.801. The van der Waals surface area contributed by atoms with E-state index in [2.05, 4.69) is 39.2 Å². The second-order valence-electron chi connectivity index (χ2n) is 7.53. The topological polar surface area (TPSA) is 58.6 Å². The molecule has 5 rings (SSSR count). The Kier molecular flexibility index (Phi) is 5.67. The normalized spacial score (nSPS) is 22.4. The maximum Gasteiger partial charge on any atom is 0.274 e. The van der Waals surface area contributed by atoms with E-state index in [-0.39, 0.29) is 5.91 Å². The Hall–Kier alpha value is -2.73. The number of carbonyl (C=O) groups excluding carboxylic acids is 1. The van der Waals surface area contributed by atoms with Crippen molar-refractivity contribution in [1.82, 2.24) is 19.8 Å². The third-order valence-corrected chi connectivity index (χ3v) is 5.66. The number of hydrogen-bond acceptors (Lipinski definition) is 5. The van der Waals surface area contributed by atoms with Crippen molar-refractivity contribution in [3.8, 4) is 5.75 Å². The minimum Gasteiger partial charge on any atom is -0.497 e. The van der Waals surface area contributed by atoms with E-state index >= 15 is 0 Å². The lowest BCUT2D eigenvalue weighted by Gasteiger charge is -2.35. The Labute approximate surface area is 165 Å². The molecule has 0 unspecified atom stereocenters. The summed E-state index contributed by atoms with van der Waals surface area (Å²) in [4.78, 5) is 25.5. The number of fused-ring (bicyclic) bond motifs is 4. The maximum absolute atomic E-state index is 12.8. The summed E-state index contributed by atoms with van der Waals surface area (Å²) in [6.45, 7) is 3.52. The molecule has 0 aliphatic carbocycles. The smallest absolute Gasteiger partial charge is 0.274 e. The van der Waals surface area contributed by atoms with Crippen LogP contribution in [0.25, 0.3) is 6.08 Å². The van der Waals surface area contributed by atoms with Gasteiger partial charge in [-0.3, -0.25) is 14.7 Å². The molecule has 3 saturated heterocycles. The Morgan fingerprint density at radius 3 is 2.79 bits per heavy atom. The molecule has 4 heterocycles. The third kappa shape index (κ3) is 4.22. The first-order valence-electron chi connectivity index (χ1n) is 9.83. The van der Waals surface area contributed by atoms with Crippen LogP contribution >= 0.6 is 0 Å². The molecule has 0 spiro atoms. The molecule has 0 radical (unpaired) electrons. The van der Waals surface area contributed by atoms with Crippen LogP contribution in [0.2, 0.25) is 0 Å². The van der Waals surface area contributed by atoms with Gasteiger partial charge < -0.3 is 9.64 Å². The largest absolute Gasteiger partial charge is 0.497 e. The summed E-state index contributed by atoms with van der Waals surface area (Å²) in [5, 5.41) is 0. The van der Waals surface area contributed by atoms with E-state index in [0.29, 0.717) is 17.7 Å². The summed E-state index contributed by atoms with van der Waals surface area (Å²) in [5.41, 5.74) is 1.61. The van der Waals surface area contributed by atoms with Gasteiger partial charge in [0.1, 0.15) is 11.4 Å². The number of amides is 1. The molecule has 3 aliphatic rings. The Bertz CT molecular complexity index is 822. The summed E-state index contributed by atoms with van der Waals surface area (Å²) >= 11 is 0. The molecule has 1 aromatic carbocycles. The van der Waals surface area contributed by atoms with Gasteiger partial charge in [0.2, 0.25) is 0 Å². The van der Waals surface area contributed by atoms with Crippen molar-refractivity contribution < 1.29 is 9.53 Å². The molecule has 2 atom stereocenters. The van der Waals surface area contributed by atoms with Crippen molar-refractivity contribution in [3.05, 3.63) is 60.2 Å². The first kappa shape index (κ1) is 18.6. The van der Waals surface area contributed by atoms with Gasteiger partial charge in [-0.05, 0) is 36.5 Å². The fraction of sp³-hybridized carbons (Fsp3) is 0.409. The molecule has 1 amide bonds. The first-order chi connectivity index (χ1) is 13.7. The fourth-order valence-electron chi connectivity index (χ4n) is 4.18. The van der Waals surface area contributed by atoms with E-state index in [1.807, 2.05) is 17.0 Å². The van der Waals surface area contributed by atoms with Crippen LogP contribution in [0.4, 0.5) is 0 Å². The monoisotopic (exact) mass is 378 g/mol. The van der Waals surface area contributed by atoms with Crippen molar-refractivity contribution in [3.63, 3.8) is 0 Å². The predicted octanol–water partition coefficient (Wildman–Crippen LogP) is 2.74. The predicted molar refractivity (Wildman–Crippen MR) is 108 cm³/mol. The lowest BCUT2D eigenvalue weighted by Crippen LogP contribution is -2.44. The molecule has 2 aromatic rings. The van der Waals surface area contributed by atoms with Crippen molar-refractivity contribution in [1.29, 1.82) is 0 Å². The van der Waals surface area contributed by atoms with Crippen LogP contribution in [0.1, 0.15) is 28.9 Å². The zero-order valence-electron chi connectivity index (χ0n) is 16.2. The van der Waals surface area contributed by atoms with Crippen LogP contribution in [0.5, 0.6) is 5.75 Å². The molecule has 1 aromatic heterocycles. The van der Waals surface area contributed by atoms with Crippen molar-refractivity contribution in [2.75, 3.05) is 33.3 Å². The average molecular weight is 378 g/mol. The minimum absolute atomic E-state index is 0.000579. The summed E-state index contributed by atoms with van der Waals surface area (Å²) < 4.78 is 5.20. The molecule has 6 nitrogen and oxygen atoms in total.